The Kier molecular flexibility index (Phi) is 4.14. The Labute approximate surface area is 137 Å². The molecular formula is C18H24N4O. The first kappa shape index (κ1) is 14.8. The van der Waals surface area contributed by atoms with Gasteiger partial charge in [-0.2, -0.15) is 0 Å². The molecule has 4 rings (SSSR count). The first-order chi connectivity index (χ1) is 11.3. The van der Waals surface area contributed by atoms with Gasteiger partial charge in [0.25, 0.3) is 5.91 Å². The minimum atomic E-state index is 0.132. The molecule has 0 saturated carbocycles. The van der Waals surface area contributed by atoms with Crippen LogP contribution >= 0.6 is 0 Å². The number of carbonyl (C=O) groups is 1. The molecule has 3 aliphatic heterocycles. The Hall–Kier alpha value is -1.72. The van der Waals surface area contributed by atoms with Crippen LogP contribution in [0, 0.1) is 0 Å². The lowest BCUT2D eigenvalue weighted by atomic mass is 9.96. The van der Waals surface area contributed by atoms with E-state index in [0.29, 0.717) is 19.4 Å². The summed E-state index contributed by atoms with van der Waals surface area (Å²) in [5.41, 5.74) is 1.96. The molecule has 0 aromatic heterocycles. The monoisotopic (exact) mass is 312 g/mol. The van der Waals surface area contributed by atoms with Crippen molar-refractivity contribution < 1.29 is 4.79 Å². The molecule has 3 heterocycles. The molecule has 0 spiro atoms. The van der Waals surface area contributed by atoms with Crippen LogP contribution < -0.4 is 5.32 Å². The third-order valence-electron chi connectivity index (χ3n) is 5.13. The molecule has 23 heavy (non-hydrogen) atoms. The van der Waals surface area contributed by atoms with Gasteiger partial charge in [0.15, 0.2) is 0 Å². The molecule has 5 nitrogen and oxygen atoms in total. The molecule has 1 N–H and O–H groups in total. The fourth-order valence-corrected chi connectivity index (χ4v) is 3.97. The minimum Gasteiger partial charge on any atom is -0.320 e. The molecule has 1 aromatic rings. The summed E-state index contributed by atoms with van der Waals surface area (Å²) in [5.74, 6) is 0.132. The molecule has 2 atom stereocenters. The van der Waals surface area contributed by atoms with E-state index in [1.807, 2.05) is 23.1 Å². The van der Waals surface area contributed by atoms with Gasteiger partial charge in [0.2, 0.25) is 0 Å². The van der Waals surface area contributed by atoms with Crippen molar-refractivity contribution in [2.45, 2.75) is 44.4 Å². The van der Waals surface area contributed by atoms with Gasteiger partial charge >= 0.3 is 0 Å². The number of amides is 1. The number of nitrogens with one attached hydrogen (secondary N) is 1. The smallest absolute Gasteiger partial charge is 0.270 e. The number of rotatable bonds is 3. The summed E-state index contributed by atoms with van der Waals surface area (Å²) >= 11 is 0. The van der Waals surface area contributed by atoms with Crippen LogP contribution in [0.25, 0.3) is 0 Å². The van der Waals surface area contributed by atoms with Crippen LogP contribution in [0.2, 0.25) is 0 Å². The van der Waals surface area contributed by atoms with Gasteiger partial charge in [-0.15, -0.1) is 0 Å². The number of aliphatic imine (C=N–C) groups is 1. The quantitative estimate of drug-likeness (QED) is 0.922. The summed E-state index contributed by atoms with van der Waals surface area (Å²) in [6, 6.07) is 10.4. The number of fused-ring (bicyclic) bond motifs is 1. The van der Waals surface area contributed by atoms with Crippen molar-refractivity contribution in [3.05, 3.63) is 35.9 Å². The highest BCUT2D eigenvalue weighted by Gasteiger charge is 2.42. The fourth-order valence-electron chi connectivity index (χ4n) is 3.97. The lowest BCUT2D eigenvalue weighted by Gasteiger charge is -2.46. The van der Waals surface area contributed by atoms with Crippen LogP contribution in [0.15, 0.2) is 35.3 Å². The molecule has 122 valence electrons. The van der Waals surface area contributed by atoms with Crippen molar-refractivity contribution >= 4 is 11.6 Å². The molecule has 0 aliphatic carbocycles. The Morgan fingerprint density at radius 2 is 2.04 bits per heavy atom. The van der Waals surface area contributed by atoms with Crippen LogP contribution in [0.1, 0.15) is 31.2 Å². The second-order valence-corrected chi connectivity index (χ2v) is 6.68. The number of hydrogen-bond donors (Lipinski definition) is 1. The van der Waals surface area contributed by atoms with E-state index in [-0.39, 0.29) is 11.9 Å². The molecule has 0 radical (unpaired) electrons. The first-order valence-electron chi connectivity index (χ1n) is 8.69. The lowest BCUT2D eigenvalue weighted by molar-refractivity contribution is -0.131. The zero-order chi connectivity index (χ0) is 15.6. The lowest BCUT2D eigenvalue weighted by Crippen LogP contribution is -2.64. The van der Waals surface area contributed by atoms with E-state index in [0.717, 1.165) is 38.1 Å². The van der Waals surface area contributed by atoms with Gasteiger partial charge in [-0.05, 0) is 37.8 Å². The Morgan fingerprint density at radius 1 is 1.17 bits per heavy atom. The van der Waals surface area contributed by atoms with Gasteiger partial charge in [-0.25, -0.2) is 0 Å². The standard InChI is InChI=1S/C18H24N4O/c23-18-17-15(8-4-11-20-17)22(16-9-5-10-19-16)13-21(18)12-14-6-2-1-3-7-14/h1-3,6-7,15-16,19H,4-5,8-13H2. The van der Waals surface area contributed by atoms with Crippen molar-refractivity contribution in [1.82, 2.24) is 15.1 Å². The number of nitrogens with zero attached hydrogens (tertiary/aromatic N) is 3. The van der Waals surface area contributed by atoms with Gasteiger partial charge in [0.05, 0.1) is 18.9 Å². The molecular weight excluding hydrogens is 288 g/mol. The fraction of sp³-hybridized carbons (Fsp3) is 0.556. The highest BCUT2D eigenvalue weighted by Crippen LogP contribution is 2.26. The second kappa shape index (κ2) is 6.42. The summed E-state index contributed by atoms with van der Waals surface area (Å²) in [6.45, 7) is 3.24. The van der Waals surface area contributed by atoms with Crippen molar-refractivity contribution in [3.8, 4) is 0 Å². The van der Waals surface area contributed by atoms with Gasteiger partial charge in [-0.1, -0.05) is 30.3 Å². The van der Waals surface area contributed by atoms with Crippen molar-refractivity contribution in [3.63, 3.8) is 0 Å². The van der Waals surface area contributed by atoms with Crippen LogP contribution in [0.3, 0.4) is 0 Å². The predicted octanol–water partition coefficient (Wildman–Crippen LogP) is 1.60. The Bertz CT molecular complexity index is 594. The molecule has 1 amide bonds. The van der Waals surface area contributed by atoms with E-state index in [9.17, 15) is 4.79 Å². The third kappa shape index (κ3) is 2.91. The van der Waals surface area contributed by atoms with E-state index in [1.165, 1.54) is 12.0 Å². The van der Waals surface area contributed by atoms with E-state index in [1.54, 1.807) is 0 Å². The van der Waals surface area contributed by atoms with Gasteiger partial charge < -0.3 is 10.2 Å². The molecule has 0 bridgehead atoms. The van der Waals surface area contributed by atoms with E-state index in [2.05, 4.69) is 27.3 Å². The summed E-state index contributed by atoms with van der Waals surface area (Å²) in [5, 5.41) is 3.59. The summed E-state index contributed by atoms with van der Waals surface area (Å²) in [7, 11) is 0. The maximum absolute atomic E-state index is 12.9. The molecule has 1 aromatic carbocycles. The van der Waals surface area contributed by atoms with Gasteiger partial charge in [0, 0.05) is 13.1 Å². The predicted molar refractivity (Wildman–Crippen MR) is 90.0 cm³/mol. The molecule has 2 unspecified atom stereocenters. The van der Waals surface area contributed by atoms with Crippen LogP contribution in [0.5, 0.6) is 0 Å². The van der Waals surface area contributed by atoms with Gasteiger partial charge in [0.1, 0.15) is 5.71 Å². The minimum absolute atomic E-state index is 0.132. The molecule has 5 heteroatoms. The normalized spacial score (nSPS) is 28.6. The van der Waals surface area contributed by atoms with E-state index >= 15 is 0 Å². The zero-order valence-corrected chi connectivity index (χ0v) is 13.4. The second-order valence-electron chi connectivity index (χ2n) is 6.68. The number of carbonyl (C=O) groups excluding carboxylic acids is 1. The highest BCUT2D eigenvalue weighted by molar-refractivity contribution is 6.41. The highest BCUT2D eigenvalue weighted by atomic mass is 16.2. The van der Waals surface area contributed by atoms with E-state index < -0.39 is 0 Å². The van der Waals surface area contributed by atoms with Crippen molar-refractivity contribution in [1.29, 1.82) is 0 Å². The van der Waals surface area contributed by atoms with Crippen LogP contribution in [-0.4, -0.2) is 53.4 Å². The van der Waals surface area contributed by atoms with Crippen molar-refractivity contribution in [2.75, 3.05) is 19.8 Å². The SMILES string of the molecule is O=C1C2=NCCCC2N(C2CCCN2)CN1Cc1ccccc1. The topological polar surface area (TPSA) is 47.9 Å². The average molecular weight is 312 g/mol. The molecule has 3 aliphatic rings. The largest absolute Gasteiger partial charge is 0.320 e. The number of benzene rings is 1. The van der Waals surface area contributed by atoms with Crippen LogP contribution in [0.4, 0.5) is 0 Å². The third-order valence-corrected chi connectivity index (χ3v) is 5.13. The van der Waals surface area contributed by atoms with E-state index in [4.69, 9.17) is 0 Å². The summed E-state index contributed by atoms with van der Waals surface area (Å²) < 4.78 is 0. The zero-order valence-electron chi connectivity index (χ0n) is 13.4. The van der Waals surface area contributed by atoms with Crippen molar-refractivity contribution in [2.24, 2.45) is 4.99 Å². The average Bonchev–Trinajstić information content (AvgIpc) is 3.13. The number of hydrogen-bond acceptors (Lipinski definition) is 4. The van der Waals surface area contributed by atoms with Crippen LogP contribution in [-0.2, 0) is 11.3 Å². The molecule has 2 fully saturated rings. The Balaban J connectivity index is 1.59. The Morgan fingerprint density at radius 3 is 2.83 bits per heavy atom. The summed E-state index contributed by atoms with van der Waals surface area (Å²) in [6.07, 6.45) is 4.91. The maximum atomic E-state index is 12.9. The molecule has 2 saturated heterocycles. The summed E-state index contributed by atoms with van der Waals surface area (Å²) in [4.78, 5) is 21.9. The first-order valence-corrected chi connectivity index (χ1v) is 8.69. The maximum Gasteiger partial charge on any atom is 0.270 e. The van der Waals surface area contributed by atoms with Gasteiger partial charge in [-0.3, -0.25) is 14.7 Å².